The van der Waals surface area contributed by atoms with E-state index in [4.69, 9.17) is 0 Å². The van der Waals surface area contributed by atoms with Crippen LogP contribution in [0, 0.1) is 0 Å². The molecule has 2 nitrogen and oxygen atoms in total. The summed E-state index contributed by atoms with van der Waals surface area (Å²) in [4.78, 5) is 9.84. The van der Waals surface area contributed by atoms with E-state index in [-0.39, 0.29) is 0 Å². The molecule has 12 heavy (non-hydrogen) atoms. The summed E-state index contributed by atoms with van der Waals surface area (Å²) in [7, 11) is -14.0. The number of nitrogens with two attached hydrogens (primary N) is 1. The van der Waals surface area contributed by atoms with E-state index < -0.39 is 29.2 Å². The van der Waals surface area contributed by atoms with E-state index in [0.717, 1.165) is 0 Å². The Balaban J connectivity index is 4.82. The first-order chi connectivity index (χ1) is 5.07. The van der Waals surface area contributed by atoms with Gasteiger partial charge in [0.1, 0.15) is 0 Å². The third-order valence-electron chi connectivity index (χ3n) is 0.939. The fourth-order valence-corrected chi connectivity index (χ4v) is 2.64. The molecule has 1 amide bonds. The molecule has 0 heterocycles. The van der Waals surface area contributed by atoms with Crippen molar-refractivity contribution in [3.8, 4) is 0 Å². The second kappa shape index (κ2) is 3.08. The highest BCUT2D eigenvalue weighted by Crippen LogP contribution is 2.37. The van der Waals surface area contributed by atoms with Crippen LogP contribution in [0.4, 0.5) is 24.6 Å². The molecule has 0 aromatic rings. The lowest BCUT2D eigenvalue weighted by Crippen LogP contribution is -2.47. The monoisotopic (exact) mass is 227 g/mol. The summed E-state index contributed by atoms with van der Waals surface area (Å²) < 4.78 is 69.7. The number of halogens is 6. The van der Waals surface area contributed by atoms with Crippen molar-refractivity contribution in [3.63, 3.8) is 0 Å². The average molecular weight is 227 g/mol. The summed E-state index contributed by atoms with van der Waals surface area (Å²) in [5.74, 6) is -2.33. The lowest BCUT2D eigenvalue weighted by molar-refractivity contribution is -0.117. The summed E-state index contributed by atoms with van der Waals surface area (Å²) in [5.41, 5.74) is 4.00. The van der Waals surface area contributed by atoms with E-state index >= 15 is 0 Å². The van der Waals surface area contributed by atoms with E-state index in [1.54, 1.807) is 0 Å². The Hall–Kier alpha value is -0.516. The number of rotatable bonds is 3. The van der Waals surface area contributed by atoms with E-state index in [0.29, 0.717) is 0 Å². The Labute approximate surface area is 65.4 Å². The molecule has 0 aromatic heterocycles. The highest BCUT2D eigenvalue weighted by Gasteiger charge is 2.68. The van der Waals surface area contributed by atoms with Gasteiger partial charge < -0.3 is 5.73 Å². The maximum Gasteiger partial charge on any atom is 0.634 e. The molecule has 10 heteroatoms. The van der Waals surface area contributed by atoms with Crippen LogP contribution in [0.2, 0.25) is 5.16 Å². The Morgan fingerprint density at radius 3 is 1.25 bits per heavy atom. The zero-order valence-electron chi connectivity index (χ0n) is 5.33. The molecular formula is C2H3F6NOSi2. The summed E-state index contributed by atoms with van der Waals surface area (Å²) in [5, 5.41) is -3.80. The molecule has 0 aliphatic rings. The van der Waals surface area contributed by atoms with Crippen molar-refractivity contribution in [2.45, 2.75) is 5.16 Å². The maximum atomic E-state index is 11.6. The third kappa shape index (κ3) is 2.85. The molecule has 0 rings (SSSR count). The molecule has 0 bridgehead atoms. The molecule has 0 aliphatic heterocycles. The lowest BCUT2D eigenvalue weighted by Gasteiger charge is -2.13. The number of hydrogen-bond acceptors (Lipinski definition) is 1. The molecule has 2 N–H and O–H groups in total. The normalized spacial score (nSPS) is 13.6. The first kappa shape index (κ1) is 11.5. The summed E-state index contributed by atoms with van der Waals surface area (Å²) in [6.07, 6.45) is 0. The van der Waals surface area contributed by atoms with Gasteiger partial charge in [-0.25, -0.2) is 24.6 Å². The highest BCUT2D eigenvalue weighted by atomic mass is 28.5. The smallest absolute Gasteiger partial charge is 0.369 e. The van der Waals surface area contributed by atoms with Gasteiger partial charge >= 0.3 is 18.2 Å². The van der Waals surface area contributed by atoms with Gasteiger partial charge in [0.15, 0.2) is 5.16 Å². The summed E-state index contributed by atoms with van der Waals surface area (Å²) in [6.45, 7) is 0. The number of carbonyl (C=O) groups excluding carboxylic acids is 1. The molecular weight excluding hydrogens is 224 g/mol. The quantitative estimate of drug-likeness (QED) is 0.437. The minimum absolute atomic E-state index is 2.33. The number of amides is 1. The van der Waals surface area contributed by atoms with Crippen LogP contribution in [-0.2, 0) is 4.79 Å². The van der Waals surface area contributed by atoms with Crippen LogP contribution in [0.5, 0.6) is 0 Å². The van der Waals surface area contributed by atoms with Crippen molar-refractivity contribution in [2.75, 3.05) is 0 Å². The highest BCUT2D eigenvalue weighted by molar-refractivity contribution is 6.85. The van der Waals surface area contributed by atoms with E-state index in [1.807, 2.05) is 0 Å². The molecule has 0 aromatic carbocycles. The van der Waals surface area contributed by atoms with Crippen LogP contribution in [0.3, 0.4) is 0 Å². The molecule has 0 atom stereocenters. The molecule has 0 saturated heterocycles. The van der Waals surface area contributed by atoms with Gasteiger partial charge in [0.2, 0.25) is 5.91 Å². The molecule has 0 unspecified atom stereocenters. The Bertz CT molecular complexity index is 171. The summed E-state index contributed by atoms with van der Waals surface area (Å²) in [6, 6.07) is 0. The van der Waals surface area contributed by atoms with Crippen LogP contribution in [0.1, 0.15) is 0 Å². The van der Waals surface area contributed by atoms with Gasteiger partial charge in [-0.2, -0.15) is 0 Å². The van der Waals surface area contributed by atoms with Crippen LogP contribution < -0.4 is 5.73 Å². The fourth-order valence-electron chi connectivity index (χ4n) is 0.508. The largest absolute Gasteiger partial charge is 0.634 e. The maximum absolute atomic E-state index is 11.6. The SMILES string of the molecule is NC(=O)C([Si](F)(F)F)[Si](F)(F)F. The Morgan fingerprint density at radius 2 is 1.25 bits per heavy atom. The number of primary amides is 1. The van der Waals surface area contributed by atoms with Crippen molar-refractivity contribution in [1.29, 1.82) is 0 Å². The minimum Gasteiger partial charge on any atom is -0.369 e. The van der Waals surface area contributed by atoms with E-state index in [2.05, 4.69) is 5.73 Å². The zero-order chi connectivity index (χ0) is 10.2. The molecule has 0 aliphatic carbocycles. The topological polar surface area (TPSA) is 43.1 Å². The van der Waals surface area contributed by atoms with Crippen LogP contribution in [0.25, 0.3) is 0 Å². The van der Waals surface area contributed by atoms with Gasteiger partial charge in [-0.05, 0) is 0 Å². The molecule has 72 valence electrons. The average Bonchev–Trinajstić information content (AvgIpc) is 1.49. The van der Waals surface area contributed by atoms with Gasteiger partial charge in [-0.15, -0.1) is 0 Å². The predicted molar refractivity (Wildman–Crippen MR) is 31.1 cm³/mol. The summed E-state index contributed by atoms with van der Waals surface area (Å²) >= 11 is 0. The van der Waals surface area contributed by atoms with Crippen LogP contribution >= 0.6 is 0 Å². The van der Waals surface area contributed by atoms with Gasteiger partial charge in [-0.3, -0.25) is 4.79 Å². The standard InChI is InChI=1S/C2H3F6NOSi2/c3-11(4,5)2(1(9)10)12(6,7)8/h2H,(H2,9,10). The van der Waals surface area contributed by atoms with Gasteiger partial charge in [-0.1, -0.05) is 0 Å². The van der Waals surface area contributed by atoms with Gasteiger partial charge in [0, 0.05) is 0 Å². The number of hydrogen-bond donors (Lipinski definition) is 1. The second-order valence-electron chi connectivity index (χ2n) is 1.92. The zero-order valence-corrected chi connectivity index (χ0v) is 7.33. The molecule has 0 radical (unpaired) electrons. The van der Waals surface area contributed by atoms with Crippen LogP contribution in [-0.4, -0.2) is 24.1 Å². The first-order valence-electron chi connectivity index (χ1n) is 2.49. The fraction of sp³-hybridized carbons (Fsp3) is 0.500. The number of carbonyl (C=O) groups is 1. The van der Waals surface area contributed by atoms with Crippen molar-refractivity contribution in [1.82, 2.24) is 0 Å². The van der Waals surface area contributed by atoms with Crippen LogP contribution in [0.15, 0.2) is 0 Å². The van der Waals surface area contributed by atoms with Crippen molar-refractivity contribution >= 4 is 24.1 Å². The Morgan fingerprint density at radius 1 is 1.00 bits per heavy atom. The third-order valence-corrected chi connectivity index (χ3v) is 4.78. The van der Waals surface area contributed by atoms with Gasteiger partial charge in [0.25, 0.3) is 0 Å². The lowest BCUT2D eigenvalue weighted by atomic mass is 10.7. The second-order valence-corrected chi connectivity index (χ2v) is 5.82. The van der Waals surface area contributed by atoms with E-state index in [9.17, 15) is 29.4 Å². The van der Waals surface area contributed by atoms with Crippen molar-refractivity contribution in [3.05, 3.63) is 0 Å². The van der Waals surface area contributed by atoms with E-state index in [1.165, 1.54) is 0 Å². The predicted octanol–water partition coefficient (Wildman–Crippen LogP) is 1.08. The first-order valence-corrected chi connectivity index (χ1v) is 5.92. The minimum atomic E-state index is -7.02. The van der Waals surface area contributed by atoms with Crippen molar-refractivity contribution < 1.29 is 29.4 Å². The molecule has 0 spiro atoms. The Kier molecular flexibility index (Phi) is 2.95. The molecule has 0 saturated carbocycles. The van der Waals surface area contributed by atoms with Gasteiger partial charge in [0.05, 0.1) is 0 Å². The molecule has 0 fully saturated rings. The van der Waals surface area contributed by atoms with Crippen molar-refractivity contribution in [2.24, 2.45) is 5.73 Å².